The highest BCUT2D eigenvalue weighted by Crippen LogP contribution is 2.56. The number of benzene rings is 2. The summed E-state index contributed by atoms with van der Waals surface area (Å²) in [6.07, 6.45) is 4.08. The van der Waals surface area contributed by atoms with Crippen LogP contribution < -0.4 is 4.74 Å². The van der Waals surface area contributed by atoms with E-state index >= 15 is 0 Å². The van der Waals surface area contributed by atoms with Gasteiger partial charge in [-0.3, -0.25) is 4.79 Å². The summed E-state index contributed by atoms with van der Waals surface area (Å²) in [5.74, 6) is 0.328. The van der Waals surface area contributed by atoms with Crippen LogP contribution in [-0.2, 0) is 9.53 Å². The number of rotatable bonds is 4. The van der Waals surface area contributed by atoms with E-state index < -0.39 is 11.7 Å². The number of amides is 2. The zero-order chi connectivity index (χ0) is 18.1. The van der Waals surface area contributed by atoms with Crippen molar-refractivity contribution in [2.75, 3.05) is 7.11 Å². The number of nitrogens with zero attached hydrogens (tertiary/aromatic N) is 1. The summed E-state index contributed by atoms with van der Waals surface area (Å²) in [6.45, 7) is 0. The van der Waals surface area contributed by atoms with Gasteiger partial charge < -0.3 is 9.47 Å². The Morgan fingerprint density at radius 1 is 1.19 bits per heavy atom. The number of methoxy groups -OCH3 is 1. The number of carbonyl (C=O) groups is 2. The molecule has 26 heavy (non-hydrogen) atoms. The minimum Gasteiger partial charge on any atom is -0.497 e. The van der Waals surface area contributed by atoms with Gasteiger partial charge in [0.25, 0.3) is 5.91 Å². The Bertz CT molecular complexity index is 871. The van der Waals surface area contributed by atoms with E-state index in [4.69, 9.17) is 9.47 Å². The van der Waals surface area contributed by atoms with Gasteiger partial charge in [0.1, 0.15) is 17.4 Å². The van der Waals surface area contributed by atoms with E-state index in [2.05, 4.69) is 0 Å². The Morgan fingerprint density at radius 3 is 2.65 bits per heavy atom. The second-order valence-electron chi connectivity index (χ2n) is 6.56. The van der Waals surface area contributed by atoms with Crippen molar-refractivity contribution < 1.29 is 19.1 Å². The topological polar surface area (TPSA) is 55.8 Å². The maximum atomic E-state index is 12.8. The van der Waals surface area contributed by atoms with E-state index in [1.54, 1.807) is 13.2 Å². The van der Waals surface area contributed by atoms with E-state index in [0.29, 0.717) is 5.75 Å². The molecule has 1 saturated carbocycles. The van der Waals surface area contributed by atoms with Gasteiger partial charge in [-0.2, -0.15) is 0 Å². The first-order valence-corrected chi connectivity index (χ1v) is 8.56. The molecule has 1 atom stereocenters. The first-order chi connectivity index (χ1) is 12.6. The normalized spacial score (nSPS) is 20.4. The summed E-state index contributed by atoms with van der Waals surface area (Å²) in [6, 6.07) is 16.6. The van der Waals surface area contributed by atoms with Crippen LogP contribution in [0.5, 0.6) is 5.75 Å². The number of imide groups is 1. The second-order valence-corrected chi connectivity index (χ2v) is 6.56. The average molecular weight is 349 g/mol. The summed E-state index contributed by atoms with van der Waals surface area (Å²) in [5, 5.41) is 0. The SMILES string of the molecule is COc1cccc(/C=C/C(=O)N2C(=O)OC3(CC3)[C@H]2c2ccccc2)c1. The molecule has 0 bridgehead atoms. The van der Waals surface area contributed by atoms with Gasteiger partial charge in [-0.1, -0.05) is 42.5 Å². The summed E-state index contributed by atoms with van der Waals surface area (Å²) in [4.78, 5) is 26.4. The molecule has 0 aromatic heterocycles. The van der Waals surface area contributed by atoms with Crippen molar-refractivity contribution in [2.45, 2.75) is 24.5 Å². The van der Waals surface area contributed by atoms with Crippen LogP contribution in [0.25, 0.3) is 6.08 Å². The quantitative estimate of drug-likeness (QED) is 0.784. The molecule has 2 fully saturated rings. The van der Waals surface area contributed by atoms with Gasteiger partial charge in [0.2, 0.25) is 0 Å². The van der Waals surface area contributed by atoms with Crippen molar-refractivity contribution >= 4 is 18.1 Å². The number of hydrogen-bond donors (Lipinski definition) is 0. The molecule has 0 unspecified atom stereocenters. The third-order valence-corrected chi connectivity index (χ3v) is 4.85. The van der Waals surface area contributed by atoms with Gasteiger partial charge in [-0.25, -0.2) is 9.69 Å². The lowest BCUT2D eigenvalue weighted by atomic mass is 9.99. The molecule has 1 aliphatic heterocycles. The first kappa shape index (κ1) is 16.4. The van der Waals surface area contributed by atoms with E-state index in [1.807, 2.05) is 54.6 Å². The fraction of sp³-hybridized carbons (Fsp3) is 0.238. The lowest BCUT2D eigenvalue weighted by Gasteiger charge is -2.22. The molecule has 1 heterocycles. The molecular weight excluding hydrogens is 330 g/mol. The average Bonchev–Trinajstić information content (AvgIpc) is 3.37. The fourth-order valence-corrected chi connectivity index (χ4v) is 3.42. The maximum absolute atomic E-state index is 12.8. The molecule has 5 nitrogen and oxygen atoms in total. The Balaban J connectivity index is 1.61. The van der Waals surface area contributed by atoms with Crippen molar-refractivity contribution in [3.63, 3.8) is 0 Å². The molecule has 0 radical (unpaired) electrons. The van der Waals surface area contributed by atoms with Gasteiger partial charge in [-0.05, 0) is 42.2 Å². The molecule has 1 spiro atoms. The fourth-order valence-electron chi connectivity index (χ4n) is 3.42. The second kappa shape index (κ2) is 6.33. The molecule has 1 aliphatic carbocycles. The van der Waals surface area contributed by atoms with Crippen LogP contribution in [0.15, 0.2) is 60.7 Å². The molecule has 2 amide bonds. The predicted molar refractivity (Wildman–Crippen MR) is 96.5 cm³/mol. The van der Waals surface area contributed by atoms with E-state index in [-0.39, 0.29) is 11.9 Å². The number of ether oxygens (including phenoxy) is 2. The van der Waals surface area contributed by atoms with Crippen LogP contribution in [0.2, 0.25) is 0 Å². The lowest BCUT2D eigenvalue weighted by Crippen LogP contribution is -2.34. The van der Waals surface area contributed by atoms with Crippen LogP contribution >= 0.6 is 0 Å². The van der Waals surface area contributed by atoms with Crippen LogP contribution in [0.3, 0.4) is 0 Å². The van der Waals surface area contributed by atoms with Crippen LogP contribution in [0.4, 0.5) is 4.79 Å². The summed E-state index contributed by atoms with van der Waals surface area (Å²) in [5.41, 5.74) is 1.18. The first-order valence-electron chi connectivity index (χ1n) is 8.56. The van der Waals surface area contributed by atoms with E-state index in [9.17, 15) is 9.59 Å². The molecule has 2 aromatic carbocycles. The highest BCUT2D eigenvalue weighted by atomic mass is 16.6. The monoisotopic (exact) mass is 349 g/mol. The van der Waals surface area contributed by atoms with Crippen molar-refractivity contribution in [3.8, 4) is 5.75 Å². The third-order valence-electron chi connectivity index (χ3n) is 4.85. The molecule has 2 aliphatic rings. The Morgan fingerprint density at radius 2 is 1.96 bits per heavy atom. The number of hydrogen-bond acceptors (Lipinski definition) is 4. The van der Waals surface area contributed by atoms with Crippen molar-refractivity contribution in [1.82, 2.24) is 4.90 Å². The van der Waals surface area contributed by atoms with E-state index in [0.717, 1.165) is 24.0 Å². The molecule has 132 valence electrons. The van der Waals surface area contributed by atoms with E-state index in [1.165, 1.54) is 11.0 Å². The summed E-state index contributed by atoms with van der Waals surface area (Å²) >= 11 is 0. The molecular formula is C21H19NO4. The zero-order valence-electron chi connectivity index (χ0n) is 14.4. The van der Waals surface area contributed by atoms with Crippen molar-refractivity contribution in [1.29, 1.82) is 0 Å². The van der Waals surface area contributed by atoms with Crippen LogP contribution in [0, 0.1) is 0 Å². The van der Waals surface area contributed by atoms with Crippen LogP contribution in [-0.4, -0.2) is 29.6 Å². The summed E-state index contributed by atoms with van der Waals surface area (Å²) < 4.78 is 10.7. The molecule has 1 saturated heterocycles. The molecule has 0 N–H and O–H groups in total. The smallest absolute Gasteiger partial charge is 0.418 e. The standard InChI is InChI=1S/C21H19NO4/c1-25-17-9-5-6-15(14-17)10-11-18(23)22-19(16-7-3-2-4-8-16)21(12-13-21)26-20(22)24/h2-11,14,19H,12-13H2,1H3/b11-10+/t19-/m1/s1. The van der Waals surface area contributed by atoms with Gasteiger partial charge in [0.05, 0.1) is 7.11 Å². The van der Waals surface area contributed by atoms with Crippen molar-refractivity contribution in [3.05, 3.63) is 71.8 Å². The lowest BCUT2D eigenvalue weighted by molar-refractivity contribution is -0.124. The number of carbonyl (C=O) groups excluding carboxylic acids is 2. The third kappa shape index (κ3) is 2.86. The summed E-state index contributed by atoms with van der Waals surface area (Å²) in [7, 11) is 1.59. The molecule has 5 heteroatoms. The van der Waals surface area contributed by atoms with Gasteiger partial charge >= 0.3 is 6.09 Å². The molecule has 2 aromatic rings. The van der Waals surface area contributed by atoms with Crippen LogP contribution in [0.1, 0.15) is 30.0 Å². The van der Waals surface area contributed by atoms with Crippen molar-refractivity contribution in [2.24, 2.45) is 0 Å². The minimum atomic E-state index is -0.573. The predicted octanol–water partition coefficient (Wildman–Crippen LogP) is 3.96. The Labute approximate surface area is 151 Å². The minimum absolute atomic E-state index is 0.376. The Kier molecular flexibility index (Phi) is 3.99. The largest absolute Gasteiger partial charge is 0.497 e. The molecule has 4 rings (SSSR count). The Hall–Kier alpha value is -3.08. The highest BCUT2D eigenvalue weighted by Gasteiger charge is 2.63. The maximum Gasteiger partial charge on any atom is 0.418 e. The van der Waals surface area contributed by atoms with Gasteiger partial charge in [0, 0.05) is 6.08 Å². The highest BCUT2D eigenvalue weighted by molar-refractivity contribution is 6.02. The van der Waals surface area contributed by atoms with Gasteiger partial charge in [0.15, 0.2) is 0 Å². The van der Waals surface area contributed by atoms with Gasteiger partial charge in [-0.15, -0.1) is 0 Å². The zero-order valence-corrected chi connectivity index (χ0v) is 14.4.